The number of H-pyrrole nitrogens is 1. The lowest BCUT2D eigenvalue weighted by atomic mass is 10.0. The van der Waals surface area contributed by atoms with Crippen molar-refractivity contribution in [3.05, 3.63) is 69.4 Å². The predicted molar refractivity (Wildman–Crippen MR) is 93.6 cm³/mol. The summed E-state index contributed by atoms with van der Waals surface area (Å²) in [5.74, 6) is -0.00616. The molecule has 0 saturated carbocycles. The van der Waals surface area contributed by atoms with Crippen molar-refractivity contribution in [1.82, 2.24) is 15.5 Å². The van der Waals surface area contributed by atoms with Gasteiger partial charge in [-0.3, -0.25) is 9.89 Å². The van der Waals surface area contributed by atoms with Crippen LogP contribution >= 0.6 is 23.5 Å². The number of aromatic amines is 1. The molecule has 0 aliphatic carbocycles. The number of hydrogen-bond donors (Lipinski definition) is 2. The third kappa shape index (κ3) is 2.88. The number of rotatable bonds is 3. The maximum absolute atomic E-state index is 12.3. The first-order valence-corrected chi connectivity index (χ1v) is 8.88. The fourth-order valence-corrected chi connectivity index (χ4v) is 4.90. The number of piperidine rings is 1. The second-order valence-corrected chi connectivity index (χ2v) is 7.45. The molecule has 0 atom stereocenters. The maximum atomic E-state index is 12.3. The lowest BCUT2D eigenvalue weighted by Crippen LogP contribution is -2.33. The number of fused-ring (bicyclic) bond motifs is 1. The van der Waals surface area contributed by atoms with Gasteiger partial charge < -0.3 is 5.32 Å². The molecule has 1 saturated heterocycles. The van der Waals surface area contributed by atoms with Crippen LogP contribution < -0.4 is 5.32 Å². The Hall–Kier alpha value is -2.14. The van der Waals surface area contributed by atoms with Crippen molar-refractivity contribution in [2.45, 2.75) is 11.3 Å². The van der Waals surface area contributed by atoms with Crippen LogP contribution in [-0.4, -0.2) is 22.6 Å². The van der Waals surface area contributed by atoms with Crippen LogP contribution in [0.1, 0.15) is 12.1 Å². The Morgan fingerprint density at radius 2 is 2.09 bits per heavy atom. The topological polar surface area (TPSA) is 57.8 Å². The summed E-state index contributed by atoms with van der Waals surface area (Å²) in [5.41, 5.74) is 6.07. The number of nitrogens with zero attached hydrogens (tertiary/aromatic N) is 1. The molecule has 2 aliphatic heterocycles. The SMILES string of the molecule is O=C1NCCC2=C=C(c3ccn[nH]3)SC(Sc3ccccc3)=C12. The molecule has 2 N–H and O–H groups in total. The third-order valence-corrected chi connectivity index (χ3v) is 5.86. The first-order valence-electron chi connectivity index (χ1n) is 7.24. The van der Waals surface area contributed by atoms with E-state index in [1.807, 2.05) is 24.3 Å². The molecule has 0 radical (unpaired) electrons. The molecular formula is C17H13N3OS2. The standard InChI is InChI=1S/C17H13N3OS2/c21-16-15-11(6-8-18-16)10-14(13-7-9-19-20-13)23-17(15)22-12-4-2-1-3-5-12/h1-5,7,9H,6,8H2,(H,18,21)(H,19,20). The number of carbonyl (C=O) groups is 1. The minimum Gasteiger partial charge on any atom is -0.352 e. The summed E-state index contributed by atoms with van der Waals surface area (Å²) in [6, 6.07) is 12.0. The fraction of sp³-hybridized carbons (Fsp3) is 0.118. The minimum absolute atomic E-state index is 0.00616. The number of carbonyl (C=O) groups excluding carboxylic acids is 1. The van der Waals surface area contributed by atoms with E-state index >= 15 is 0 Å². The van der Waals surface area contributed by atoms with Crippen molar-refractivity contribution in [2.75, 3.05) is 6.54 Å². The number of aromatic nitrogens is 2. The van der Waals surface area contributed by atoms with E-state index in [0.29, 0.717) is 6.54 Å². The number of thioether (sulfide) groups is 2. The van der Waals surface area contributed by atoms with Crippen molar-refractivity contribution in [2.24, 2.45) is 0 Å². The molecule has 1 amide bonds. The number of hydrogen-bond acceptors (Lipinski definition) is 4. The van der Waals surface area contributed by atoms with Gasteiger partial charge >= 0.3 is 0 Å². The predicted octanol–water partition coefficient (Wildman–Crippen LogP) is 3.55. The molecule has 4 rings (SSSR count). The van der Waals surface area contributed by atoms with Crippen LogP contribution in [0, 0.1) is 0 Å². The van der Waals surface area contributed by atoms with E-state index in [4.69, 9.17) is 0 Å². The average molecular weight is 339 g/mol. The molecule has 2 aliphatic rings. The Kier molecular flexibility index (Phi) is 3.87. The molecule has 0 unspecified atom stereocenters. The summed E-state index contributed by atoms with van der Waals surface area (Å²) in [5, 5.41) is 9.93. The van der Waals surface area contributed by atoms with Gasteiger partial charge in [0.15, 0.2) is 0 Å². The molecule has 0 spiro atoms. The Balaban J connectivity index is 1.78. The van der Waals surface area contributed by atoms with Crippen LogP contribution in [0.15, 0.2) is 68.6 Å². The normalized spacial score (nSPS) is 17.3. The van der Waals surface area contributed by atoms with Crippen molar-refractivity contribution in [3.8, 4) is 0 Å². The van der Waals surface area contributed by atoms with Gasteiger partial charge in [0.1, 0.15) is 0 Å². The van der Waals surface area contributed by atoms with Gasteiger partial charge in [-0.25, -0.2) is 0 Å². The number of amides is 1. The highest BCUT2D eigenvalue weighted by Gasteiger charge is 2.28. The Morgan fingerprint density at radius 3 is 2.87 bits per heavy atom. The van der Waals surface area contributed by atoms with Crippen molar-refractivity contribution in [1.29, 1.82) is 0 Å². The van der Waals surface area contributed by atoms with E-state index in [9.17, 15) is 4.79 Å². The average Bonchev–Trinajstić information content (AvgIpc) is 3.10. The van der Waals surface area contributed by atoms with Gasteiger partial charge in [-0.1, -0.05) is 47.5 Å². The molecule has 1 aromatic carbocycles. The molecule has 6 heteroatoms. The Labute approximate surface area is 142 Å². The van der Waals surface area contributed by atoms with Gasteiger partial charge in [0.25, 0.3) is 5.91 Å². The van der Waals surface area contributed by atoms with Gasteiger partial charge in [-0.15, -0.1) is 0 Å². The van der Waals surface area contributed by atoms with Gasteiger partial charge in [0, 0.05) is 23.2 Å². The lowest BCUT2D eigenvalue weighted by molar-refractivity contribution is -0.117. The first-order chi connectivity index (χ1) is 11.3. The zero-order valence-electron chi connectivity index (χ0n) is 12.1. The lowest BCUT2D eigenvalue weighted by Gasteiger charge is -2.23. The second-order valence-electron chi connectivity index (χ2n) is 5.09. The van der Waals surface area contributed by atoms with Crippen LogP contribution in [0.5, 0.6) is 0 Å². The van der Waals surface area contributed by atoms with E-state index in [2.05, 4.69) is 33.4 Å². The van der Waals surface area contributed by atoms with Crippen LogP contribution in [0.2, 0.25) is 0 Å². The highest BCUT2D eigenvalue weighted by Crippen LogP contribution is 2.48. The smallest absolute Gasteiger partial charge is 0.253 e. The van der Waals surface area contributed by atoms with E-state index < -0.39 is 0 Å². The van der Waals surface area contributed by atoms with Gasteiger partial charge in [-0.05, 0) is 24.6 Å². The summed E-state index contributed by atoms with van der Waals surface area (Å²) in [6.45, 7) is 0.662. The molecule has 4 nitrogen and oxygen atoms in total. The largest absolute Gasteiger partial charge is 0.352 e. The molecule has 1 aromatic heterocycles. The molecular weight excluding hydrogens is 326 g/mol. The van der Waals surface area contributed by atoms with E-state index in [1.165, 1.54) is 0 Å². The summed E-state index contributed by atoms with van der Waals surface area (Å²) in [7, 11) is 0. The maximum Gasteiger partial charge on any atom is 0.253 e. The molecule has 2 aromatic rings. The summed E-state index contributed by atoms with van der Waals surface area (Å²) in [4.78, 5) is 14.4. The molecule has 0 bridgehead atoms. The minimum atomic E-state index is -0.00616. The number of benzene rings is 1. The van der Waals surface area contributed by atoms with E-state index in [1.54, 1.807) is 29.7 Å². The van der Waals surface area contributed by atoms with Crippen LogP contribution in [0.25, 0.3) is 4.91 Å². The van der Waals surface area contributed by atoms with Gasteiger partial charge in [-0.2, -0.15) is 5.10 Å². The van der Waals surface area contributed by atoms with Crippen LogP contribution in [0.3, 0.4) is 0 Å². The highest BCUT2D eigenvalue weighted by atomic mass is 32.2. The quantitative estimate of drug-likeness (QED) is 0.840. The van der Waals surface area contributed by atoms with Crippen molar-refractivity contribution >= 4 is 34.3 Å². The van der Waals surface area contributed by atoms with E-state index in [-0.39, 0.29) is 5.91 Å². The summed E-state index contributed by atoms with van der Waals surface area (Å²) >= 11 is 3.19. The summed E-state index contributed by atoms with van der Waals surface area (Å²) < 4.78 is 0.992. The zero-order valence-corrected chi connectivity index (χ0v) is 13.8. The molecule has 3 heterocycles. The summed E-state index contributed by atoms with van der Waals surface area (Å²) in [6.07, 6.45) is 2.53. The molecule has 114 valence electrons. The van der Waals surface area contributed by atoms with Crippen molar-refractivity contribution in [3.63, 3.8) is 0 Å². The van der Waals surface area contributed by atoms with Gasteiger partial charge in [0.2, 0.25) is 0 Å². The fourth-order valence-electron chi connectivity index (χ4n) is 2.47. The molecule has 1 fully saturated rings. The zero-order chi connectivity index (χ0) is 15.6. The first kappa shape index (κ1) is 14.5. The van der Waals surface area contributed by atoms with Crippen LogP contribution in [-0.2, 0) is 4.79 Å². The Morgan fingerprint density at radius 1 is 1.22 bits per heavy atom. The highest BCUT2D eigenvalue weighted by molar-refractivity contribution is 8.26. The Bertz CT molecular complexity index is 847. The molecule has 23 heavy (non-hydrogen) atoms. The number of nitrogens with one attached hydrogen (secondary N) is 2. The monoisotopic (exact) mass is 339 g/mol. The van der Waals surface area contributed by atoms with E-state index in [0.717, 1.165) is 37.3 Å². The van der Waals surface area contributed by atoms with Crippen molar-refractivity contribution < 1.29 is 4.79 Å². The second kappa shape index (κ2) is 6.16. The third-order valence-electron chi connectivity index (χ3n) is 3.55. The van der Waals surface area contributed by atoms with Gasteiger partial charge in [0.05, 0.1) is 20.4 Å². The van der Waals surface area contributed by atoms with Crippen LogP contribution in [0.4, 0.5) is 0 Å².